The zero-order valence-electron chi connectivity index (χ0n) is 17.0. The van der Waals surface area contributed by atoms with Gasteiger partial charge in [0, 0.05) is 11.7 Å². The quantitative estimate of drug-likeness (QED) is 0.444. The zero-order chi connectivity index (χ0) is 21.5. The van der Waals surface area contributed by atoms with Crippen LogP contribution in [0.3, 0.4) is 0 Å². The molecule has 4 heterocycles. The molecule has 0 spiro atoms. The maximum atomic E-state index is 13.0. The number of anilines is 1. The van der Waals surface area contributed by atoms with Gasteiger partial charge in [0.1, 0.15) is 0 Å². The van der Waals surface area contributed by atoms with E-state index < -0.39 is 5.97 Å². The Kier molecular flexibility index (Phi) is 4.78. The summed E-state index contributed by atoms with van der Waals surface area (Å²) in [5.74, 6) is -0.860. The van der Waals surface area contributed by atoms with E-state index in [1.54, 1.807) is 17.9 Å². The topological polar surface area (TPSA) is 85.5 Å². The number of hydrogen-bond acceptors (Lipinski definition) is 7. The summed E-state index contributed by atoms with van der Waals surface area (Å²) < 4.78 is 10.7. The van der Waals surface area contributed by atoms with Crippen molar-refractivity contribution < 1.29 is 18.8 Å². The van der Waals surface area contributed by atoms with Crippen LogP contribution in [0.4, 0.5) is 5.69 Å². The minimum atomic E-state index is -0.606. The Morgan fingerprint density at radius 1 is 1.26 bits per heavy atom. The van der Waals surface area contributed by atoms with Crippen LogP contribution in [0.25, 0.3) is 21.7 Å². The first kappa shape index (κ1) is 19.4. The molecular weight excluding hydrogens is 414 g/mol. The fraction of sp³-hybridized carbons (Fsp3) is 0.217. The number of carbonyl (C=O) groups is 2. The number of carbonyl (C=O) groups excluding carboxylic acids is 2. The average molecular weight is 433 g/mol. The van der Waals surface area contributed by atoms with Crippen LogP contribution in [0, 0.1) is 6.92 Å². The van der Waals surface area contributed by atoms with E-state index in [4.69, 9.17) is 9.26 Å². The average Bonchev–Trinajstić information content (AvgIpc) is 3.50. The predicted octanol–water partition coefficient (Wildman–Crippen LogP) is 4.39. The van der Waals surface area contributed by atoms with E-state index in [0.29, 0.717) is 16.8 Å². The first-order valence-corrected chi connectivity index (χ1v) is 10.8. The SMILES string of the molecule is Cc1noc2nc(-c3cccs3)cc(C(=O)OCC(=O)N3c4ccccc4C[C@H]3C)c12. The van der Waals surface area contributed by atoms with Crippen molar-refractivity contribution in [2.75, 3.05) is 11.5 Å². The van der Waals surface area contributed by atoms with Crippen molar-refractivity contribution in [3.63, 3.8) is 0 Å². The van der Waals surface area contributed by atoms with Gasteiger partial charge < -0.3 is 14.2 Å². The molecule has 0 bridgehead atoms. The third kappa shape index (κ3) is 3.38. The Labute approximate surface area is 182 Å². The maximum Gasteiger partial charge on any atom is 0.339 e. The highest BCUT2D eigenvalue weighted by Crippen LogP contribution is 2.32. The van der Waals surface area contributed by atoms with Gasteiger partial charge in [-0.05, 0) is 49.4 Å². The number of nitrogens with zero attached hydrogens (tertiary/aromatic N) is 3. The predicted molar refractivity (Wildman–Crippen MR) is 117 cm³/mol. The molecule has 1 atom stereocenters. The monoisotopic (exact) mass is 433 g/mol. The van der Waals surface area contributed by atoms with Crippen LogP contribution >= 0.6 is 11.3 Å². The lowest BCUT2D eigenvalue weighted by molar-refractivity contribution is -0.122. The number of esters is 1. The molecule has 0 unspecified atom stereocenters. The van der Waals surface area contributed by atoms with E-state index >= 15 is 0 Å². The molecule has 31 heavy (non-hydrogen) atoms. The second-order valence-electron chi connectivity index (χ2n) is 7.50. The Morgan fingerprint density at radius 3 is 2.90 bits per heavy atom. The first-order valence-electron chi connectivity index (χ1n) is 9.91. The van der Waals surface area contributed by atoms with Gasteiger partial charge in [-0.2, -0.15) is 0 Å². The molecular formula is C23H19N3O4S. The van der Waals surface area contributed by atoms with Gasteiger partial charge in [0.25, 0.3) is 11.6 Å². The van der Waals surface area contributed by atoms with Gasteiger partial charge in [-0.1, -0.05) is 29.4 Å². The number of para-hydroxylation sites is 1. The number of fused-ring (bicyclic) bond motifs is 2. The van der Waals surface area contributed by atoms with Crippen molar-refractivity contribution >= 4 is 40.0 Å². The Morgan fingerprint density at radius 2 is 2.10 bits per heavy atom. The molecule has 0 saturated carbocycles. The summed E-state index contributed by atoms with van der Waals surface area (Å²) >= 11 is 1.50. The summed E-state index contributed by atoms with van der Waals surface area (Å²) in [6, 6.07) is 13.3. The summed E-state index contributed by atoms with van der Waals surface area (Å²) in [4.78, 5) is 33.0. The summed E-state index contributed by atoms with van der Waals surface area (Å²) in [5.41, 5.74) is 3.68. The summed E-state index contributed by atoms with van der Waals surface area (Å²) in [6.45, 7) is 3.38. The molecule has 3 aromatic heterocycles. The molecule has 1 aliphatic rings. The van der Waals surface area contributed by atoms with E-state index in [2.05, 4.69) is 10.1 Å². The van der Waals surface area contributed by atoms with Crippen molar-refractivity contribution in [2.45, 2.75) is 26.3 Å². The van der Waals surface area contributed by atoms with Gasteiger partial charge in [0.2, 0.25) is 0 Å². The van der Waals surface area contributed by atoms with Gasteiger partial charge in [-0.15, -0.1) is 11.3 Å². The molecule has 0 aliphatic carbocycles. The number of pyridine rings is 1. The fourth-order valence-corrected chi connectivity index (χ4v) is 4.71. The summed E-state index contributed by atoms with van der Waals surface area (Å²) in [7, 11) is 0. The number of amides is 1. The lowest BCUT2D eigenvalue weighted by atomic mass is 10.1. The number of benzene rings is 1. The van der Waals surface area contributed by atoms with Crippen LogP contribution in [0.15, 0.2) is 52.4 Å². The maximum absolute atomic E-state index is 13.0. The van der Waals surface area contributed by atoms with Crippen LogP contribution in [-0.2, 0) is 16.0 Å². The van der Waals surface area contributed by atoms with Crippen LogP contribution in [0.5, 0.6) is 0 Å². The van der Waals surface area contributed by atoms with Gasteiger partial charge in [0.05, 0.1) is 27.2 Å². The van der Waals surface area contributed by atoms with Crippen molar-refractivity contribution in [1.82, 2.24) is 10.1 Å². The Balaban J connectivity index is 1.41. The van der Waals surface area contributed by atoms with Crippen molar-refractivity contribution in [3.05, 3.63) is 64.7 Å². The normalized spacial score (nSPS) is 15.3. The third-order valence-electron chi connectivity index (χ3n) is 5.41. The van der Waals surface area contributed by atoms with E-state index in [1.807, 2.05) is 48.7 Å². The van der Waals surface area contributed by atoms with E-state index in [-0.39, 0.29) is 29.8 Å². The molecule has 156 valence electrons. The number of thiophene rings is 1. The smallest absolute Gasteiger partial charge is 0.339 e. The highest BCUT2D eigenvalue weighted by Gasteiger charge is 2.31. The molecule has 4 aromatic rings. The minimum Gasteiger partial charge on any atom is -0.452 e. The van der Waals surface area contributed by atoms with Gasteiger partial charge in [-0.25, -0.2) is 9.78 Å². The molecule has 7 nitrogen and oxygen atoms in total. The molecule has 0 fully saturated rings. The van der Waals surface area contributed by atoms with Crippen LogP contribution in [0.2, 0.25) is 0 Å². The van der Waals surface area contributed by atoms with E-state index in [0.717, 1.165) is 22.5 Å². The van der Waals surface area contributed by atoms with Crippen molar-refractivity contribution in [3.8, 4) is 10.6 Å². The molecule has 0 saturated heterocycles. The molecule has 0 N–H and O–H groups in total. The molecule has 1 amide bonds. The second kappa shape index (κ2) is 7.63. The first-order chi connectivity index (χ1) is 15.0. The number of ether oxygens (including phenoxy) is 1. The lowest BCUT2D eigenvalue weighted by Crippen LogP contribution is -2.38. The lowest BCUT2D eigenvalue weighted by Gasteiger charge is -2.22. The van der Waals surface area contributed by atoms with Gasteiger partial charge in [-0.3, -0.25) is 4.79 Å². The Bertz CT molecular complexity index is 1300. The van der Waals surface area contributed by atoms with Crippen molar-refractivity contribution in [1.29, 1.82) is 0 Å². The fourth-order valence-electron chi connectivity index (χ4n) is 4.03. The van der Waals surface area contributed by atoms with Crippen LogP contribution in [-0.4, -0.2) is 34.7 Å². The Hall–Kier alpha value is -3.52. The van der Waals surface area contributed by atoms with E-state index in [1.165, 1.54) is 11.3 Å². The van der Waals surface area contributed by atoms with E-state index in [9.17, 15) is 9.59 Å². The molecule has 1 aromatic carbocycles. The second-order valence-corrected chi connectivity index (χ2v) is 8.45. The standard InChI is InChI=1S/C23H19N3O4S/c1-13-10-15-6-3-4-7-18(15)26(13)20(27)12-29-23(28)16-11-17(19-8-5-9-31-19)24-22-21(16)14(2)25-30-22/h3-9,11,13H,10,12H2,1-2H3/t13-/m1/s1. The minimum absolute atomic E-state index is 0.0157. The van der Waals surface area contributed by atoms with Crippen LogP contribution < -0.4 is 4.90 Å². The van der Waals surface area contributed by atoms with Crippen LogP contribution in [0.1, 0.15) is 28.5 Å². The summed E-state index contributed by atoms with van der Waals surface area (Å²) in [5, 5.41) is 6.36. The summed E-state index contributed by atoms with van der Waals surface area (Å²) in [6.07, 6.45) is 0.783. The molecule has 1 aliphatic heterocycles. The number of aryl methyl sites for hydroxylation is 1. The number of hydrogen-bond donors (Lipinski definition) is 0. The molecule has 5 rings (SSSR count). The molecule has 0 radical (unpaired) electrons. The van der Waals surface area contributed by atoms with Crippen molar-refractivity contribution in [2.24, 2.45) is 0 Å². The third-order valence-corrected chi connectivity index (χ3v) is 6.31. The zero-order valence-corrected chi connectivity index (χ0v) is 17.8. The highest BCUT2D eigenvalue weighted by molar-refractivity contribution is 7.13. The highest BCUT2D eigenvalue weighted by atomic mass is 32.1. The number of aromatic nitrogens is 2. The number of rotatable bonds is 4. The van der Waals surface area contributed by atoms with Gasteiger partial charge >= 0.3 is 5.97 Å². The molecule has 8 heteroatoms. The largest absolute Gasteiger partial charge is 0.452 e. The van der Waals surface area contributed by atoms with Gasteiger partial charge in [0.15, 0.2) is 6.61 Å².